The normalized spacial score (nSPS) is 30.0. The van der Waals surface area contributed by atoms with Crippen LogP contribution >= 0.6 is 24.2 Å². The van der Waals surface area contributed by atoms with Gasteiger partial charge in [-0.05, 0) is 27.2 Å². The topological polar surface area (TPSA) is 75.4 Å². The summed E-state index contributed by atoms with van der Waals surface area (Å²) in [7, 11) is 0. The molecule has 2 fully saturated rings. The van der Waals surface area contributed by atoms with Crippen LogP contribution in [-0.4, -0.2) is 45.5 Å². The Morgan fingerprint density at radius 2 is 2.26 bits per heavy atom. The molecule has 3 N–H and O–H groups in total. The zero-order valence-electron chi connectivity index (χ0n) is 11.6. The summed E-state index contributed by atoms with van der Waals surface area (Å²) in [5.74, 6) is 0.689. The Kier molecular flexibility index (Phi) is 4.80. The molecule has 5 nitrogen and oxygen atoms in total. The molecule has 0 radical (unpaired) electrons. The predicted molar refractivity (Wildman–Crippen MR) is 79.3 cm³/mol. The Morgan fingerprint density at radius 3 is 2.84 bits per heavy atom. The molecule has 19 heavy (non-hydrogen) atoms. The number of carbonyl (C=O) groups is 2. The molecular weight excluding hydrogens is 286 g/mol. The lowest BCUT2D eigenvalue weighted by atomic mass is 10.1. The summed E-state index contributed by atoms with van der Waals surface area (Å²) < 4.78 is 0. The Bertz CT molecular complexity index is 386. The minimum Gasteiger partial charge on any atom is -0.352 e. The third-order valence-corrected chi connectivity index (χ3v) is 4.97. The van der Waals surface area contributed by atoms with E-state index in [9.17, 15) is 9.59 Å². The average molecular weight is 308 g/mol. The molecule has 2 heterocycles. The Hall–Kier alpha value is -0.460. The summed E-state index contributed by atoms with van der Waals surface area (Å²) >= 11 is 1.70. The summed E-state index contributed by atoms with van der Waals surface area (Å²) in [6, 6.07) is -0.336. The van der Waals surface area contributed by atoms with Crippen molar-refractivity contribution in [3.63, 3.8) is 0 Å². The number of hydrogen-bond donors (Lipinski definition) is 2. The molecule has 2 aliphatic heterocycles. The molecule has 0 bridgehead atoms. The van der Waals surface area contributed by atoms with Gasteiger partial charge in [-0.15, -0.1) is 24.2 Å². The first kappa shape index (κ1) is 16.6. The van der Waals surface area contributed by atoms with E-state index in [-0.39, 0.29) is 35.1 Å². The van der Waals surface area contributed by atoms with E-state index < -0.39 is 5.54 Å². The number of amides is 2. The van der Waals surface area contributed by atoms with Gasteiger partial charge >= 0.3 is 0 Å². The second kappa shape index (κ2) is 5.50. The van der Waals surface area contributed by atoms with E-state index in [1.54, 1.807) is 16.7 Å². The molecule has 0 saturated carbocycles. The monoisotopic (exact) mass is 307 g/mol. The van der Waals surface area contributed by atoms with Crippen molar-refractivity contribution in [2.75, 3.05) is 12.3 Å². The number of hydrogen-bond acceptors (Lipinski definition) is 4. The predicted octanol–water partition coefficient (Wildman–Crippen LogP) is 0.716. The summed E-state index contributed by atoms with van der Waals surface area (Å²) in [4.78, 5) is 25.6. The van der Waals surface area contributed by atoms with Gasteiger partial charge in [-0.3, -0.25) is 9.59 Å². The van der Waals surface area contributed by atoms with E-state index in [2.05, 4.69) is 5.32 Å². The maximum Gasteiger partial charge on any atom is 0.243 e. The zero-order valence-corrected chi connectivity index (χ0v) is 13.2. The average Bonchev–Trinajstić information content (AvgIpc) is 2.73. The van der Waals surface area contributed by atoms with Crippen LogP contribution in [0.15, 0.2) is 0 Å². The number of nitrogens with zero attached hydrogens (tertiary/aromatic N) is 1. The van der Waals surface area contributed by atoms with Crippen molar-refractivity contribution in [1.29, 1.82) is 0 Å². The fourth-order valence-corrected chi connectivity index (χ4v) is 3.88. The highest BCUT2D eigenvalue weighted by molar-refractivity contribution is 8.01. The Labute approximate surface area is 124 Å². The van der Waals surface area contributed by atoms with Crippen LogP contribution < -0.4 is 11.1 Å². The summed E-state index contributed by atoms with van der Waals surface area (Å²) in [5, 5.41) is 2.84. The minimum absolute atomic E-state index is 0. The van der Waals surface area contributed by atoms with Crippen molar-refractivity contribution in [2.24, 2.45) is 5.73 Å². The Balaban J connectivity index is 0.00000180. The van der Waals surface area contributed by atoms with E-state index in [1.807, 2.05) is 20.8 Å². The highest BCUT2D eigenvalue weighted by Gasteiger charge is 2.52. The number of thioether (sulfide) groups is 1. The number of rotatable bonds is 3. The fourth-order valence-electron chi connectivity index (χ4n) is 2.45. The van der Waals surface area contributed by atoms with Crippen LogP contribution in [0.2, 0.25) is 0 Å². The van der Waals surface area contributed by atoms with Gasteiger partial charge in [0.05, 0.1) is 4.87 Å². The molecule has 0 aliphatic carbocycles. The Morgan fingerprint density at radius 1 is 1.63 bits per heavy atom. The van der Waals surface area contributed by atoms with Gasteiger partial charge in [-0.2, -0.15) is 0 Å². The van der Waals surface area contributed by atoms with Gasteiger partial charge < -0.3 is 16.0 Å². The SMILES string of the molecule is CC(C)(N)CNC(=O)C1CSC2(C)CCC(=O)N12.Cl. The first-order valence-corrected chi connectivity index (χ1v) is 7.24. The van der Waals surface area contributed by atoms with Crippen molar-refractivity contribution >= 4 is 36.0 Å². The van der Waals surface area contributed by atoms with Crippen molar-refractivity contribution in [1.82, 2.24) is 10.2 Å². The number of nitrogens with one attached hydrogen (secondary N) is 1. The van der Waals surface area contributed by atoms with Gasteiger partial charge in [0.25, 0.3) is 0 Å². The van der Waals surface area contributed by atoms with Crippen LogP contribution in [0.4, 0.5) is 0 Å². The van der Waals surface area contributed by atoms with Gasteiger partial charge in [0.1, 0.15) is 6.04 Å². The van der Waals surface area contributed by atoms with Gasteiger partial charge in [0.15, 0.2) is 0 Å². The quantitative estimate of drug-likeness (QED) is 0.805. The van der Waals surface area contributed by atoms with E-state index >= 15 is 0 Å². The largest absolute Gasteiger partial charge is 0.352 e. The van der Waals surface area contributed by atoms with E-state index in [0.717, 1.165) is 6.42 Å². The van der Waals surface area contributed by atoms with Gasteiger partial charge in [-0.25, -0.2) is 0 Å². The summed E-state index contributed by atoms with van der Waals surface area (Å²) in [5.41, 5.74) is 5.41. The van der Waals surface area contributed by atoms with E-state index in [0.29, 0.717) is 18.7 Å². The standard InChI is InChI=1S/C12H21N3O2S.ClH/c1-11(2,13)7-14-10(17)8-6-18-12(3)5-4-9(16)15(8)12;/h8H,4-7,13H2,1-3H3,(H,14,17);1H. The molecule has 2 amide bonds. The second-order valence-corrected chi connectivity index (χ2v) is 7.47. The maximum absolute atomic E-state index is 12.1. The number of carbonyl (C=O) groups excluding carboxylic acids is 2. The number of nitrogens with two attached hydrogens (primary N) is 1. The van der Waals surface area contributed by atoms with Crippen LogP contribution in [0.1, 0.15) is 33.6 Å². The lowest BCUT2D eigenvalue weighted by Crippen LogP contribution is -2.53. The van der Waals surface area contributed by atoms with Crippen LogP contribution in [0.5, 0.6) is 0 Å². The first-order chi connectivity index (χ1) is 8.23. The highest BCUT2D eigenvalue weighted by Crippen LogP contribution is 2.47. The summed E-state index contributed by atoms with van der Waals surface area (Å²) in [6.07, 6.45) is 1.39. The molecule has 0 aromatic heterocycles. The molecular formula is C12H22ClN3O2S. The van der Waals surface area contributed by atoms with Crippen molar-refractivity contribution in [2.45, 2.75) is 50.1 Å². The lowest BCUT2D eigenvalue weighted by molar-refractivity contribution is -0.138. The lowest BCUT2D eigenvalue weighted by Gasteiger charge is -2.30. The van der Waals surface area contributed by atoms with Crippen LogP contribution in [0.3, 0.4) is 0 Å². The van der Waals surface area contributed by atoms with Crippen LogP contribution in [0.25, 0.3) is 0 Å². The van der Waals surface area contributed by atoms with Gasteiger partial charge in [0.2, 0.25) is 11.8 Å². The van der Waals surface area contributed by atoms with Crippen LogP contribution in [-0.2, 0) is 9.59 Å². The molecule has 2 aliphatic rings. The maximum atomic E-state index is 12.1. The molecule has 0 aromatic rings. The first-order valence-electron chi connectivity index (χ1n) is 6.26. The molecule has 2 rings (SSSR count). The molecule has 2 unspecified atom stereocenters. The molecule has 2 atom stereocenters. The molecule has 0 aromatic carbocycles. The van der Waals surface area contributed by atoms with E-state index in [1.165, 1.54) is 0 Å². The number of halogens is 1. The minimum atomic E-state index is -0.431. The highest BCUT2D eigenvalue weighted by atomic mass is 35.5. The van der Waals surface area contributed by atoms with Gasteiger partial charge in [0, 0.05) is 24.3 Å². The molecule has 110 valence electrons. The third kappa shape index (κ3) is 3.35. The van der Waals surface area contributed by atoms with Crippen molar-refractivity contribution in [3.8, 4) is 0 Å². The molecule has 0 spiro atoms. The molecule has 2 saturated heterocycles. The van der Waals surface area contributed by atoms with Gasteiger partial charge in [-0.1, -0.05) is 0 Å². The van der Waals surface area contributed by atoms with Crippen molar-refractivity contribution < 1.29 is 9.59 Å². The van der Waals surface area contributed by atoms with Crippen molar-refractivity contribution in [3.05, 3.63) is 0 Å². The fraction of sp³-hybridized carbons (Fsp3) is 0.833. The zero-order chi connectivity index (χ0) is 13.6. The van der Waals surface area contributed by atoms with E-state index in [4.69, 9.17) is 5.73 Å². The number of fused-ring (bicyclic) bond motifs is 1. The van der Waals surface area contributed by atoms with Crippen LogP contribution in [0, 0.1) is 0 Å². The second-order valence-electron chi connectivity index (χ2n) is 5.97. The summed E-state index contributed by atoms with van der Waals surface area (Å²) in [6.45, 7) is 6.19. The third-order valence-electron chi connectivity index (χ3n) is 3.47. The smallest absolute Gasteiger partial charge is 0.243 e. The molecule has 7 heteroatoms.